The molecule has 0 unspecified atom stereocenters. The molecule has 1 fully saturated rings. The molecule has 7 heteroatoms. The summed E-state index contributed by atoms with van der Waals surface area (Å²) >= 11 is 5.85. The quantitative estimate of drug-likeness (QED) is 0.430. The minimum Gasteiger partial charge on any atom is -0.493 e. The molecule has 0 amide bonds. The Balaban J connectivity index is 1.49. The van der Waals surface area contributed by atoms with E-state index in [1.165, 1.54) is 18.4 Å². The summed E-state index contributed by atoms with van der Waals surface area (Å²) in [4.78, 5) is 18.3. The van der Waals surface area contributed by atoms with Crippen LogP contribution in [0.2, 0.25) is 0 Å². The van der Waals surface area contributed by atoms with Crippen LogP contribution in [0, 0.1) is 13.8 Å². The Morgan fingerprint density at radius 2 is 1.83 bits per heavy atom. The zero-order chi connectivity index (χ0) is 24.9. The average Bonchev–Trinajstić information content (AvgIpc) is 3.40. The first-order chi connectivity index (χ1) is 16.9. The zero-order valence-electron chi connectivity index (χ0n) is 21.1. The summed E-state index contributed by atoms with van der Waals surface area (Å²) in [6, 6.07) is 12.5. The molecule has 0 saturated heterocycles. The van der Waals surface area contributed by atoms with Crippen molar-refractivity contribution in [2.75, 3.05) is 20.8 Å². The van der Waals surface area contributed by atoms with Crippen LogP contribution in [0.25, 0.3) is 10.9 Å². The van der Waals surface area contributed by atoms with Crippen molar-refractivity contribution in [2.24, 2.45) is 0 Å². The maximum atomic E-state index is 13.0. The number of pyridine rings is 1. The van der Waals surface area contributed by atoms with Crippen LogP contribution in [-0.2, 0) is 13.0 Å². The number of hydrogen-bond acceptors (Lipinski definition) is 4. The van der Waals surface area contributed by atoms with Crippen LogP contribution in [0.5, 0.6) is 11.5 Å². The van der Waals surface area contributed by atoms with Crippen LogP contribution in [0.4, 0.5) is 0 Å². The Hall–Kier alpha value is -3.06. The van der Waals surface area contributed by atoms with Gasteiger partial charge in [0.15, 0.2) is 16.6 Å². The van der Waals surface area contributed by atoms with E-state index in [1.54, 1.807) is 14.2 Å². The number of ether oxygens (including phenoxy) is 2. The molecule has 1 saturated carbocycles. The van der Waals surface area contributed by atoms with Crippen molar-refractivity contribution in [1.82, 2.24) is 15.2 Å². The number of aromatic nitrogens is 1. The van der Waals surface area contributed by atoms with Gasteiger partial charge in [0.25, 0.3) is 5.56 Å². The van der Waals surface area contributed by atoms with Gasteiger partial charge in [0.05, 0.1) is 26.3 Å². The molecular formula is C28H35N3O3S. The Kier molecular flexibility index (Phi) is 7.96. The second kappa shape index (κ2) is 11.1. The molecule has 2 aromatic carbocycles. The van der Waals surface area contributed by atoms with E-state index in [2.05, 4.69) is 41.2 Å². The molecule has 35 heavy (non-hydrogen) atoms. The number of nitrogens with one attached hydrogen (secondary N) is 2. The molecule has 1 aliphatic rings. The third-order valence-corrected chi connectivity index (χ3v) is 7.51. The monoisotopic (exact) mass is 493 g/mol. The van der Waals surface area contributed by atoms with E-state index in [9.17, 15) is 4.79 Å². The summed E-state index contributed by atoms with van der Waals surface area (Å²) in [7, 11) is 3.28. The smallest absolute Gasteiger partial charge is 0.253 e. The molecule has 0 aliphatic heterocycles. The number of fused-ring (bicyclic) bond motifs is 1. The lowest BCUT2D eigenvalue weighted by molar-refractivity contribution is 0.302. The first-order valence-corrected chi connectivity index (χ1v) is 12.7. The van der Waals surface area contributed by atoms with Gasteiger partial charge in [-0.25, -0.2) is 0 Å². The largest absolute Gasteiger partial charge is 0.493 e. The molecule has 3 aromatic rings. The summed E-state index contributed by atoms with van der Waals surface area (Å²) in [6.07, 6.45) is 5.39. The lowest BCUT2D eigenvalue weighted by Gasteiger charge is -2.31. The molecule has 0 radical (unpaired) electrons. The van der Waals surface area contributed by atoms with E-state index in [0.717, 1.165) is 58.4 Å². The van der Waals surface area contributed by atoms with E-state index in [4.69, 9.17) is 21.7 Å². The standard InChI is InChI=1S/C28H35N3O3S/c1-18-9-11-21-16-22(27(32)30-26(21)19(18)2)17-31(23-7-5-6-8-23)28(35)29-14-13-20-10-12-24(33-3)25(15-20)34-4/h9-12,15-16,23H,5-8,13-14,17H2,1-4H3,(H,29,35)(H,30,32). The maximum absolute atomic E-state index is 13.0. The minimum atomic E-state index is -0.0395. The van der Waals surface area contributed by atoms with Crippen molar-refractivity contribution < 1.29 is 9.47 Å². The minimum absolute atomic E-state index is 0.0395. The number of hydrogen-bond donors (Lipinski definition) is 2. The van der Waals surface area contributed by atoms with Crippen molar-refractivity contribution in [3.63, 3.8) is 0 Å². The van der Waals surface area contributed by atoms with Crippen LogP contribution >= 0.6 is 12.2 Å². The van der Waals surface area contributed by atoms with Crippen molar-refractivity contribution in [1.29, 1.82) is 0 Å². The number of H-pyrrole nitrogens is 1. The van der Waals surface area contributed by atoms with Crippen molar-refractivity contribution >= 4 is 28.2 Å². The molecule has 1 aliphatic carbocycles. The SMILES string of the molecule is COc1ccc(CCNC(=S)N(Cc2cc3ccc(C)c(C)c3[nH]c2=O)C2CCCC2)cc1OC. The van der Waals surface area contributed by atoms with E-state index in [1.807, 2.05) is 24.3 Å². The maximum Gasteiger partial charge on any atom is 0.253 e. The van der Waals surface area contributed by atoms with Gasteiger partial charge in [-0.2, -0.15) is 0 Å². The first kappa shape index (κ1) is 25.0. The number of thiocarbonyl (C=S) groups is 1. The highest BCUT2D eigenvalue weighted by molar-refractivity contribution is 7.80. The van der Waals surface area contributed by atoms with E-state index < -0.39 is 0 Å². The molecular weight excluding hydrogens is 458 g/mol. The Bertz CT molecular complexity index is 1260. The van der Waals surface area contributed by atoms with Gasteiger partial charge in [-0.15, -0.1) is 0 Å². The molecule has 186 valence electrons. The summed E-state index contributed by atoms with van der Waals surface area (Å²) < 4.78 is 10.8. The van der Waals surface area contributed by atoms with E-state index in [0.29, 0.717) is 24.2 Å². The van der Waals surface area contributed by atoms with E-state index in [-0.39, 0.29) is 5.56 Å². The van der Waals surface area contributed by atoms with Gasteiger partial charge in [0, 0.05) is 18.2 Å². The zero-order valence-corrected chi connectivity index (χ0v) is 21.9. The predicted octanol–water partition coefficient (Wildman–Crippen LogP) is 5.02. The molecule has 1 aromatic heterocycles. The fraction of sp³-hybridized carbons (Fsp3) is 0.429. The first-order valence-electron chi connectivity index (χ1n) is 12.3. The van der Waals surface area contributed by atoms with Gasteiger partial charge in [-0.3, -0.25) is 4.79 Å². The Morgan fingerprint density at radius 3 is 2.54 bits per heavy atom. The molecule has 4 rings (SSSR count). The molecule has 6 nitrogen and oxygen atoms in total. The van der Waals surface area contributed by atoms with Crippen molar-refractivity contribution in [3.8, 4) is 11.5 Å². The van der Waals surface area contributed by atoms with Gasteiger partial charge in [-0.1, -0.05) is 31.0 Å². The second-order valence-corrected chi connectivity index (χ2v) is 9.72. The number of aromatic amines is 1. The fourth-order valence-corrected chi connectivity index (χ4v) is 5.22. The van der Waals surface area contributed by atoms with Crippen molar-refractivity contribution in [3.05, 3.63) is 69.0 Å². The average molecular weight is 494 g/mol. The summed E-state index contributed by atoms with van der Waals surface area (Å²) in [5.74, 6) is 1.44. The number of rotatable bonds is 8. The lowest BCUT2D eigenvalue weighted by Crippen LogP contribution is -2.45. The summed E-state index contributed by atoms with van der Waals surface area (Å²) in [5, 5.41) is 5.20. The highest BCUT2D eigenvalue weighted by Crippen LogP contribution is 2.28. The van der Waals surface area contributed by atoms with Gasteiger partial charge in [0.1, 0.15) is 0 Å². The van der Waals surface area contributed by atoms with Gasteiger partial charge >= 0.3 is 0 Å². The van der Waals surface area contributed by atoms with Gasteiger partial charge in [0.2, 0.25) is 0 Å². The van der Waals surface area contributed by atoms with E-state index >= 15 is 0 Å². The van der Waals surface area contributed by atoms with Crippen LogP contribution in [-0.4, -0.2) is 41.8 Å². The summed E-state index contributed by atoms with van der Waals surface area (Å²) in [5.41, 5.74) is 5.06. The molecule has 0 spiro atoms. The molecule has 0 bridgehead atoms. The number of nitrogens with zero attached hydrogens (tertiary/aromatic N) is 1. The normalized spacial score (nSPS) is 13.7. The number of benzene rings is 2. The predicted molar refractivity (Wildman–Crippen MR) is 146 cm³/mol. The number of methoxy groups -OCH3 is 2. The second-order valence-electron chi connectivity index (χ2n) is 9.33. The van der Waals surface area contributed by atoms with Crippen LogP contribution in [0.15, 0.2) is 41.2 Å². The molecule has 1 heterocycles. The number of aryl methyl sites for hydroxylation is 2. The van der Waals surface area contributed by atoms with Crippen molar-refractivity contribution in [2.45, 2.75) is 58.5 Å². The highest BCUT2D eigenvalue weighted by atomic mass is 32.1. The van der Waals surface area contributed by atoms with Gasteiger partial charge < -0.3 is 24.7 Å². The fourth-order valence-electron chi connectivity index (χ4n) is 4.91. The Morgan fingerprint density at radius 1 is 1.09 bits per heavy atom. The van der Waals surface area contributed by atoms with Crippen LogP contribution in [0.1, 0.15) is 47.9 Å². The summed E-state index contributed by atoms with van der Waals surface area (Å²) in [6.45, 7) is 5.32. The highest BCUT2D eigenvalue weighted by Gasteiger charge is 2.25. The molecule has 0 atom stereocenters. The third kappa shape index (κ3) is 5.61. The van der Waals surface area contributed by atoms with Crippen LogP contribution in [0.3, 0.4) is 0 Å². The molecule has 2 N–H and O–H groups in total. The third-order valence-electron chi connectivity index (χ3n) is 7.13. The lowest BCUT2D eigenvalue weighted by atomic mass is 10.0. The topological polar surface area (TPSA) is 66.6 Å². The van der Waals surface area contributed by atoms with Crippen LogP contribution < -0.4 is 20.3 Å². The van der Waals surface area contributed by atoms with Gasteiger partial charge in [-0.05, 0) is 85.6 Å². The Labute approximate surface area is 212 Å².